The number of H-pyrrole nitrogens is 1. The van der Waals surface area contributed by atoms with Gasteiger partial charge < -0.3 is 10.1 Å². The molecule has 5 nitrogen and oxygen atoms in total. The summed E-state index contributed by atoms with van der Waals surface area (Å²) in [7, 11) is 1.65. The van der Waals surface area contributed by atoms with Crippen molar-refractivity contribution in [2.75, 3.05) is 12.4 Å². The van der Waals surface area contributed by atoms with Crippen LogP contribution in [0.5, 0.6) is 0 Å². The van der Waals surface area contributed by atoms with Crippen LogP contribution in [0.2, 0.25) is 0 Å². The highest BCUT2D eigenvalue weighted by molar-refractivity contribution is 5.91. The highest BCUT2D eigenvalue weighted by atomic mass is 16.5. The molecular weight excluding hydrogens is 206 g/mol. The number of aryl methyl sites for hydroxylation is 2. The molecule has 0 radical (unpaired) electrons. The molecule has 1 aromatic rings. The predicted octanol–water partition coefficient (Wildman–Crippen LogP) is 1.78. The predicted molar refractivity (Wildman–Crippen MR) is 62.4 cm³/mol. The van der Waals surface area contributed by atoms with Gasteiger partial charge in [0.25, 0.3) is 0 Å². The minimum Gasteiger partial charge on any atom is -0.382 e. The third kappa shape index (κ3) is 3.34. The first kappa shape index (κ1) is 12.7. The van der Waals surface area contributed by atoms with Gasteiger partial charge in [0.05, 0.1) is 23.2 Å². The molecule has 1 aromatic heterocycles. The van der Waals surface area contributed by atoms with E-state index in [9.17, 15) is 4.79 Å². The molecule has 0 saturated heterocycles. The number of ether oxygens (including phenoxy) is 1. The van der Waals surface area contributed by atoms with Gasteiger partial charge in [-0.2, -0.15) is 5.10 Å². The maximum atomic E-state index is 11.6. The first-order chi connectivity index (χ1) is 7.54. The molecule has 0 aliphatic heterocycles. The van der Waals surface area contributed by atoms with E-state index in [2.05, 4.69) is 15.5 Å². The fourth-order valence-electron chi connectivity index (χ4n) is 1.39. The summed E-state index contributed by atoms with van der Waals surface area (Å²) in [6.45, 7) is 5.69. The number of hydrogen-bond donors (Lipinski definition) is 2. The minimum atomic E-state index is -0.00324. The summed E-state index contributed by atoms with van der Waals surface area (Å²) in [6.07, 6.45) is 1.29. The molecule has 0 fully saturated rings. The number of amides is 1. The Kier molecular flexibility index (Phi) is 4.49. The molecule has 1 rings (SSSR count). The van der Waals surface area contributed by atoms with Gasteiger partial charge in [-0.15, -0.1) is 0 Å². The van der Waals surface area contributed by atoms with Gasteiger partial charge in [0.2, 0.25) is 5.91 Å². The molecule has 0 spiro atoms. The van der Waals surface area contributed by atoms with Crippen LogP contribution in [0, 0.1) is 13.8 Å². The Morgan fingerprint density at radius 2 is 2.25 bits per heavy atom. The molecule has 0 aliphatic rings. The van der Waals surface area contributed by atoms with Gasteiger partial charge in [-0.3, -0.25) is 9.89 Å². The highest BCUT2D eigenvalue weighted by Gasteiger charge is 2.11. The van der Waals surface area contributed by atoms with Crippen molar-refractivity contribution in [2.45, 2.75) is 39.7 Å². The van der Waals surface area contributed by atoms with Gasteiger partial charge >= 0.3 is 0 Å². The van der Waals surface area contributed by atoms with Gasteiger partial charge in [0.15, 0.2) is 0 Å². The van der Waals surface area contributed by atoms with E-state index in [0.29, 0.717) is 6.42 Å². The molecule has 0 aromatic carbocycles. The minimum absolute atomic E-state index is 0.00324. The first-order valence-corrected chi connectivity index (χ1v) is 5.38. The number of methoxy groups -OCH3 is 1. The number of rotatable bonds is 5. The molecule has 1 unspecified atom stereocenters. The van der Waals surface area contributed by atoms with Crippen LogP contribution in [0.15, 0.2) is 0 Å². The quantitative estimate of drug-likeness (QED) is 0.802. The summed E-state index contributed by atoms with van der Waals surface area (Å²) in [5.74, 6) is -0.00324. The largest absolute Gasteiger partial charge is 0.382 e. The molecule has 1 atom stereocenters. The van der Waals surface area contributed by atoms with Crippen molar-refractivity contribution in [1.29, 1.82) is 0 Å². The third-order valence-corrected chi connectivity index (χ3v) is 2.57. The van der Waals surface area contributed by atoms with Crippen LogP contribution in [0.3, 0.4) is 0 Å². The molecule has 90 valence electrons. The maximum absolute atomic E-state index is 11.6. The topological polar surface area (TPSA) is 67.0 Å². The summed E-state index contributed by atoms with van der Waals surface area (Å²) in [6, 6.07) is 0. The Morgan fingerprint density at radius 1 is 1.56 bits per heavy atom. The standard InChI is InChI=1S/C11H19N3O2/c1-7(16-4)5-6-10(15)12-11-8(2)13-14-9(11)3/h7H,5-6H2,1-4H3,(H,12,15)(H,13,14). The first-order valence-electron chi connectivity index (χ1n) is 5.38. The SMILES string of the molecule is COC(C)CCC(=O)Nc1c(C)n[nH]c1C. The summed E-state index contributed by atoms with van der Waals surface area (Å²) < 4.78 is 5.08. The van der Waals surface area contributed by atoms with Crippen molar-refractivity contribution in [3.8, 4) is 0 Å². The van der Waals surface area contributed by atoms with E-state index in [1.807, 2.05) is 20.8 Å². The Hall–Kier alpha value is -1.36. The Labute approximate surface area is 95.6 Å². The normalized spacial score (nSPS) is 12.5. The number of aromatic nitrogens is 2. The summed E-state index contributed by atoms with van der Waals surface area (Å²) >= 11 is 0. The number of nitrogens with zero attached hydrogens (tertiary/aromatic N) is 1. The number of anilines is 1. The Bertz CT molecular complexity index is 341. The van der Waals surface area contributed by atoms with E-state index in [1.165, 1.54) is 0 Å². The van der Waals surface area contributed by atoms with Gasteiger partial charge in [0.1, 0.15) is 0 Å². The van der Waals surface area contributed by atoms with Gasteiger partial charge in [-0.1, -0.05) is 0 Å². The fourth-order valence-corrected chi connectivity index (χ4v) is 1.39. The van der Waals surface area contributed by atoms with Crippen molar-refractivity contribution in [2.24, 2.45) is 0 Å². The Morgan fingerprint density at radius 3 is 2.75 bits per heavy atom. The number of carbonyl (C=O) groups is 1. The zero-order chi connectivity index (χ0) is 12.1. The van der Waals surface area contributed by atoms with Crippen LogP contribution in [-0.2, 0) is 9.53 Å². The highest BCUT2D eigenvalue weighted by Crippen LogP contribution is 2.16. The van der Waals surface area contributed by atoms with Crippen LogP contribution < -0.4 is 5.32 Å². The second-order valence-electron chi connectivity index (χ2n) is 3.94. The zero-order valence-corrected chi connectivity index (χ0v) is 10.3. The van der Waals surface area contributed by atoms with E-state index in [4.69, 9.17) is 4.74 Å². The van der Waals surface area contributed by atoms with E-state index >= 15 is 0 Å². The number of nitrogens with one attached hydrogen (secondary N) is 2. The average molecular weight is 225 g/mol. The van der Waals surface area contributed by atoms with Crippen LogP contribution in [0.4, 0.5) is 5.69 Å². The second-order valence-corrected chi connectivity index (χ2v) is 3.94. The summed E-state index contributed by atoms with van der Waals surface area (Å²) in [5, 5.41) is 9.69. The average Bonchev–Trinajstić information content (AvgIpc) is 2.57. The van der Waals surface area contributed by atoms with Crippen molar-refractivity contribution in [3.05, 3.63) is 11.4 Å². The van der Waals surface area contributed by atoms with Crippen LogP contribution in [0.25, 0.3) is 0 Å². The van der Waals surface area contributed by atoms with Crippen molar-refractivity contribution >= 4 is 11.6 Å². The zero-order valence-electron chi connectivity index (χ0n) is 10.3. The lowest BCUT2D eigenvalue weighted by Crippen LogP contribution is -2.15. The van der Waals surface area contributed by atoms with Crippen molar-refractivity contribution < 1.29 is 9.53 Å². The molecular formula is C11H19N3O2. The fraction of sp³-hybridized carbons (Fsp3) is 0.636. The molecule has 16 heavy (non-hydrogen) atoms. The molecule has 0 saturated carbocycles. The molecule has 5 heteroatoms. The second kappa shape index (κ2) is 5.65. The van der Waals surface area contributed by atoms with Crippen LogP contribution in [0.1, 0.15) is 31.2 Å². The van der Waals surface area contributed by atoms with Crippen molar-refractivity contribution in [1.82, 2.24) is 10.2 Å². The van der Waals surface area contributed by atoms with Crippen molar-refractivity contribution in [3.63, 3.8) is 0 Å². The smallest absolute Gasteiger partial charge is 0.224 e. The van der Waals surface area contributed by atoms with E-state index in [0.717, 1.165) is 23.5 Å². The van der Waals surface area contributed by atoms with Gasteiger partial charge in [0, 0.05) is 13.5 Å². The molecule has 2 N–H and O–H groups in total. The number of carbonyl (C=O) groups excluding carboxylic acids is 1. The van der Waals surface area contributed by atoms with Crippen LogP contribution in [-0.4, -0.2) is 29.3 Å². The molecule has 1 amide bonds. The summed E-state index contributed by atoms with van der Waals surface area (Å²) in [4.78, 5) is 11.6. The monoisotopic (exact) mass is 225 g/mol. The van der Waals surface area contributed by atoms with Gasteiger partial charge in [-0.05, 0) is 27.2 Å². The van der Waals surface area contributed by atoms with E-state index in [-0.39, 0.29) is 12.0 Å². The van der Waals surface area contributed by atoms with E-state index < -0.39 is 0 Å². The van der Waals surface area contributed by atoms with Crippen LogP contribution >= 0.6 is 0 Å². The van der Waals surface area contributed by atoms with E-state index in [1.54, 1.807) is 7.11 Å². The molecule has 0 bridgehead atoms. The lowest BCUT2D eigenvalue weighted by molar-refractivity contribution is -0.116. The lowest BCUT2D eigenvalue weighted by Gasteiger charge is -2.09. The summed E-state index contributed by atoms with van der Waals surface area (Å²) in [5.41, 5.74) is 2.48. The number of hydrogen-bond acceptors (Lipinski definition) is 3. The number of aromatic amines is 1. The maximum Gasteiger partial charge on any atom is 0.224 e. The Balaban J connectivity index is 2.46. The lowest BCUT2D eigenvalue weighted by atomic mass is 10.2. The third-order valence-electron chi connectivity index (χ3n) is 2.57. The molecule has 0 aliphatic carbocycles. The molecule has 1 heterocycles. The van der Waals surface area contributed by atoms with Gasteiger partial charge in [-0.25, -0.2) is 0 Å².